The van der Waals surface area contributed by atoms with Crippen molar-refractivity contribution >= 4 is 27.7 Å². The normalized spacial score (nSPS) is 25.9. The van der Waals surface area contributed by atoms with Crippen molar-refractivity contribution in [3.63, 3.8) is 0 Å². The molecule has 3 rings (SSSR count). The van der Waals surface area contributed by atoms with Crippen molar-refractivity contribution in [3.05, 3.63) is 34.3 Å². The maximum Gasteiger partial charge on any atom is 0.255 e. The van der Waals surface area contributed by atoms with Crippen LogP contribution < -0.4 is 5.32 Å². The van der Waals surface area contributed by atoms with E-state index in [1.54, 1.807) is 0 Å². The SMILES string of the molecule is O=C1CCC2CN(C(=O)c3ccccc3Br)CCC2N1. The third-order valence-corrected chi connectivity index (χ3v) is 4.91. The first-order valence-corrected chi connectivity index (χ1v) is 7.77. The fraction of sp³-hybridized carbons (Fsp3) is 0.467. The van der Waals surface area contributed by atoms with Crippen LogP contribution >= 0.6 is 15.9 Å². The van der Waals surface area contributed by atoms with Gasteiger partial charge in [0.05, 0.1) is 5.56 Å². The minimum Gasteiger partial charge on any atom is -0.353 e. The largest absolute Gasteiger partial charge is 0.353 e. The summed E-state index contributed by atoms with van der Waals surface area (Å²) < 4.78 is 0.837. The van der Waals surface area contributed by atoms with Gasteiger partial charge in [0.2, 0.25) is 5.91 Å². The van der Waals surface area contributed by atoms with Crippen LogP contribution in [-0.2, 0) is 4.79 Å². The molecule has 2 amide bonds. The number of fused-ring (bicyclic) bond motifs is 1. The Bertz CT molecular complexity index is 546. The first-order valence-electron chi connectivity index (χ1n) is 6.98. The molecule has 4 nitrogen and oxygen atoms in total. The molecule has 0 spiro atoms. The fourth-order valence-corrected chi connectivity index (χ4v) is 3.55. The van der Waals surface area contributed by atoms with Gasteiger partial charge in [-0.3, -0.25) is 9.59 Å². The molecule has 0 saturated carbocycles. The molecule has 5 heteroatoms. The molecule has 2 aliphatic rings. The second kappa shape index (κ2) is 5.56. The number of carbonyl (C=O) groups is 2. The number of benzene rings is 1. The van der Waals surface area contributed by atoms with Crippen LogP contribution in [0.2, 0.25) is 0 Å². The first-order chi connectivity index (χ1) is 9.65. The van der Waals surface area contributed by atoms with E-state index in [2.05, 4.69) is 21.2 Å². The van der Waals surface area contributed by atoms with Crippen LogP contribution in [0.4, 0.5) is 0 Å². The highest BCUT2D eigenvalue weighted by molar-refractivity contribution is 9.10. The summed E-state index contributed by atoms with van der Waals surface area (Å²) in [7, 11) is 0. The van der Waals surface area contributed by atoms with Crippen LogP contribution in [0.15, 0.2) is 28.7 Å². The van der Waals surface area contributed by atoms with Crippen molar-refractivity contribution in [3.8, 4) is 0 Å². The van der Waals surface area contributed by atoms with E-state index < -0.39 is 0 Å². The Morgan fingerprint density at radius 3 is 2.90 bits per heavy atom. The van der Waals surface area contributed by atoms with Gasteiger partial charge in [-0.25, -0.2) is 0 Å². The quantitative estimate of drug-likeness (QED) is 0.854. The predicted molar refractivity (Wildman–Crippen MR) is 79.3 cm³/mol. The van der Waals surface area contributed by atoms with Gasteiger partial charge in [0.25, 0.3) is 5.91 Å². The molecule has 1 aromatic rings. The molecule has 0 aliphatic carbocycles. The molecular formula is C15H17BrN2O2. The zero-order valence-corrected chi connectivity index (χ0v) is 12.7. The summed E-state index contributed by atoms with van der Waals surface area (Å²) in [6, 6.07) is 7.77. The zero-order valence-electron chi connectivity index (χ0n) is 11.1. The van der Waals surface area contributed by atoms with Gasteiger partial charge in [-0.1, -0.05) is 12.1 Å². The standard InChI is InChI=1S/C15H17BrN2O2/c16-12-4-2-1-3-11(12)15(20)18-8-7-13-10(9-18)5-6-14(19)17-13/h1-4,10,13H,5-9H2,(H,17,19). The fourth-order valence-electron chi connectivity index (χ4n) is 3.10. The molecule has 106 valence electrons. The Morgan fingerprint density at radius 1 is 1.30 bits per heavy atom. The number of hydrogen-bond donors (Lipinski definition) is 1. The van der Waals surface area contributed by atoms with Crippen LogP contribution in [0.3, 0.4) is 0 Å². The van der Waals surface area contributed by atoms with Crippen LogP contribution in [0.5, 0.6) is 0 Å². The Labute approximate surface area is 126 Å². The second-order valence-electron chi connectivity index (χ2n) is 5.49. The smallest absolute Gasteiger partial charge is 0.255 e. The van der Waals surface area contributed by atoms with Gasteiger partial charge in [-0.05, 0) is 46.8 Å². The van der Waals surface area contributed by atoms with Crippen molar-refractivity contribution in [1.29, 1.82) is 0 Å². The van der Waals surface area contributed by atoms with Gasteiger partial charge in [-0.2, -0.15) is 0 Å². The molecule has 0 radical (unpaired) electrons. The Kier molecular flexibility index (Phi) is 3.78. The van der Waals surface area contributed by atoms with Gasteiger partial charge < -0.3 is 10.2 Å². The zero-order chi connectivity index (χ0) is 14.1. The molecule has 2 unspecified atom stereocenters. The number of rotatable bonds is 1. The molecule has 2 heterocycles. The summed E-state index contributed by atoms with van der Waals surface area (Å²) in [6.07, 6.45) is 2.32. The van der Waals surface area contributed by atoms with Gasteiger partial charge in [0, 0.05) is 30.0 Å². The van der Waals surface area contributed by atoms with E-state index in [9.17, 15) is 9.59 Å². The molecule has 2 fully saturated rings. The van der Waals surface area contributed by atoms with Gasteiger partial charge in [0.15, 0.2) is 0 Å². The van der Waals surface area contributed by atoms with Crippen LogP contribution in [0, 0.1) is 5.92 Å². The van der Waals surface area contributed by atoms with Gasteiger partial charge >= 0.3 is 0 Å². The summed E-state index contributed by atoms with van der Waals surface area (Å²) in [4.78, 5) is 25.9. The van der Waals surface area contributed by atoms with Crippen LogP contribution in [0.25, 0.3) is 0 Å². The number of nitrogens with zero attached hydrogens (tertiary/aromatic N) is 1. The van der Waals surface area contributed by atoms with Crippen LogP contribution in [0.1, 0.15) is 29.6 Å². The van der Waals surface area contributed by atoms with E-state index in [-0.39, 0.29) is 17.9 Å². The minimum atomic E-state index is 0.0767. The minimum absolute atomic E-state index is 0.0767. The molecule has 1 aromatic carbocycles. The average molecular weight is 337 g/mol. The number of halogens is 1. The van der Waals surface area contributed by atoms with E-state index in [1.165, 1.54) is 0 Å². The molecule has 1 N–H and O–H groups in total. The molecule has 2 aliphatic heterocycles. The highest BCUT2D eigenvalue weighted by atomic mass is 79.9. The third kappa shape index (κ3) is 2.59. The summed E-state index contributed by atoms with van der Waals surface area (Å²) in [5, 5.41) is 3.04. The number of nitrogens with one attached hydrogen (secondary N) is 1. The molecule has 0 aromatic heterocycles. The first kappa shape index (κ1) is 13.6. The molecule has 20 heavy (non-hydrogen) atoms. The van der Waals surface area contributed by atoms with Crippen molar-refractivity contribution in [2.75, 3.05) is 13.1 Å². The van der Waals surface area contributed by atoms with Crippen molar-refractivity contribution < 1.29 is 9.59 Å². The second-order valence-corrected chi connectivity index (χ2v) is 6.35. The summed E-state index contributed by atoms with van der Waals surface area (Å²) >= 11 is 3.44. The number of amides is 2. The Hall–Kier alpha value is -1.36. The Balaban J connectivity index is 1.72. The molecular weight excluding hydrogens is 320 g/mol. The highest BCUT2D eigenvalue weighted by Gasteiger charge is 2.35. The lowest BCUT2D eigenvalue weighted by molar-refractivity contribution is -0.125. The molecule has 2 saturated heterocycles. The summed E-state index contributed by atoms with van der Waals surface area (Å²) in [5.74, 6) is 0.623. The van der Waals surface area contributed by atoms with E-state index in [4.69, 9.17) is 0 Å². The lowest BCUT2D eigenvalue weighted by Gasteiger charge is -2.41. The lowest BCUT2D eigenvalue weighted by Crippen LogP contribution is -2.55. The van der Waals surface area contributed by atoms with Gasteiger partial charge in [0.1, 0.15) is 0 Å². The van der Waals surface area contributed by atoms with Crippen molar-refractivity contribution in [2.24, 2.45) is 5.92 Å². The van der Waals surface area contributed by atoms with Crippen molar-refractivity contribution in [1.82, 2.24) is 10.2 Å². The molecule has 0 bridgehead atoms. The van der Waals surface area contributed by atoms with E-state index >= 15 is 0 Å². The monoisotopic (exact) mass is 336 g/mol. The van der Waals surface area contributed by atoms with E-state index in [0.717, 1.165) is 23.9 Å². The highest BCUT2D eigenvalue weighted by Crippen LogP contribution is 2.27. The number of hydrogen-bond acceptors (Lipinski definition) is 2. The third-order valence-electron chi connectivity index (χ3n) is 4.21. The number of likely N-dealkylation sites (tertiary alicyclic amines) is 1. The average Bonchev–Trinajstić information content (AvgIpc) is 2.46. The number of piperidine rings is 2. The summed E-state index contributed by atoms with van der Waals surface area (Å²) in [6.45, 7) is 1.45. The van der Waals surface area contributed by atoms with E-state index in [1.807, 2.05) is 29.2 Å². The number of carbonyl (C=O) groups excluding carboxylic acids is 2. The predicted octanol–water partition coefficient (Wildman–Crippen LogP) is 2.19. The van der Waals surface area contributed by atoms with E-state index in [0.29, 0.717) is 24.4 Å². The maximum atomic E-state index is 12.6. The Morgan fingerprint density at radius 2 is 2.10 bits per heavy atom. The lowest BCUT2D eigenvalue weighted by atomic mass is 9.85. The van der Waals surface area contributed by atoms with Gasteiger partial charge in [-0.15, -0.1) is 0 Å². The van der Waals surface area contributed by atoms with Crippen molar-refractivity contribution in [2.45, 2.75) is 25.3 Å². The van der Waals surface area contributed by atoms with Crippen LogP contribution in [-0.4, -0.2) is 35.8 Å². The molecule has 2 atom stereocenters. The maximum absolute atomic E-state index is 12.6. The topological polar surface area (TPSA) is 49.4 Å². The summed E-state index contributed by atoms with van der Waals surface area (Å²) in [5.41, 5.74) is 0.714.